The molecule has 3 nitrogen and oxygen atoms in total. The minimum Gasteiger partial charge on any atom is -0.456 e. The van der Waals surface area contributed by atoms with E-state index in [4.69, 9.17) is 4.42 Å². The molecule has 12 rings (SSSR count). The van der Waals surface area contributed by atoms with Gasteiger partial charge in [-0.3, -0.25) is 0 Å². The fourth-order valence-electron chi connectivity index (χ4n) is 9.49. The highest BCUT2D eigenvalue weighted by molar-refractivity contribution is 6.09. The Balaban J connectivity index is 0.957. The fourth-order valence-corrected chi connectivity index (χ4v) is 9.49. The number of hydrogen-bond donors (Lipinski definition) is 0. The summed E-state index contributed by atoms with van der Waals surface area (Å²) < 4.78 is 8.89. The number of allylic oxidation sites excluding steroid dienone is 1. The molecule has 61 heavy (non-hydrogen) atoms. The lowest BCUT2D eigenvalue weighted by Crippen LogP contribution is -2.10. The maximum Gasteiger partial charge on any atom is 0.142 e. The predicted octanol–water partition coefficient (Wildman–Crippen LogP) is 16.1. The van der Waals surface area contributed by atoms with Crippen LogP contribution in [0.4, 0.5) is 17.1 Å². The third kappa shape index (κ3) is 6.05. The zero-order valence-electron chi connectivity index (χ0n) is 33.5. The Bertz CT molecular complexity index is 3420. The van der Waals surface area contributed by atoms with E-state index in [0.717, 1.165) is 58.1 Å². The summed E-state index contributed by atoms with van der Waals surface area (Å²) in [5.74, 6) is 0.989. The maximum absolute atomic E-state index is 6.50. The molecular formula is C58H40N2O. The van der Waals surface area contributed by atoms with Crippen LogP contribution in [0.25, 0.3) is 88.7 Å². The summed E-state index contributed by atoms with van der Waals surface area (Å²) >= 11 is 0. The molecule has 2 heterocycles. The second-order valence-electron chi connectivity index (χ2n) is 16.0. The van der Waals surface area contributed by atoms with Crippen LogP contribution in [0, 0.1) is 0 Å². The molecule has 11 aromatic rings. The Morgan fingerprint density at radius 3 is 1.80 bits per heavy atom. The maximum atomic E-state index is 6.50. The summed E-state index contributed by atoms with van der Waals surface area (Å²) in [6.07, 6.45) is 6.40. The number of rotatable bonds is 7. The van der Waals surface area contributed by atoms with E-state index in [1.54, 1.807) is 0 Å². The number of anilines is 3. The predicted molar refractivity (Wildman–Crippen MR) is 256 cm³/mol. The Hall–Kier alpha value is -7.88. The first kappa shape index (κ1) is 35.1. The summed E-state index contributed by atoms with van der Waals surface area (Å²) in [6, 6.07) is 75.0. The van der Waals surface area contributed by atoms with Crippen molar-refractivity contribution in [2.24, 2.45) is 0 Å². The molecule has 0 N–H and O–H groups in total. The number of hydrogen-bond acceptors (Lipinski definition) is 2. The Labute approximate surface area is 354 Å². The summed E-state index contributed by atoms with van der Waals surface area (Å²) in [5.41, 5.74) is 16.0. The van der Waals surface area contributed by atoms with Gasteiger partial charge in [-0.1, -0.05) is 146 Å². The molecule has 0 spiro atoms. The molecule has 2 aromatic heterocycles. The van der Waals surface area contributed by atoms with Gasteiger partial charge in [0.25, 0.3) is 0 Å². The summed E-state index contributed by atoms with van der Waals surface area (Å²) in [6.45, 7) is 0. The lowest BCUT2D eigenvalue weighted by atomic mass is 9.97. The first-order valence-corrected chi connectivity index (χ1v) is 21.1. The number of fused-ring (bicyclic) bond motifs is 7. The molecule has 0 atom stereocenters. The normalized spacial score (nSPS) is 12.4. The Kier molecular flexibility index (Phi) is 8.31. The van der Waals surface area contributed by atoms with E-state index < -0.39 is 0 Å². The van der Waals surface area contributed by atoms with Gasteiger partial charge in [0.2, 0.25) is 0 Å². The molecule has 9 aromatic carbocycles. The van der Waals surface area contributed by atoms with Gasteiger partial charge in [-0.2, -0.15) is 0 Å². The molecule has 0 unspecified atom stereocenters. The molecule has 288 valence electrons. The monoisotopic (exact) mass is 780 g/mol. The van der Waals surface area contributed by atoms with Crippen LogP contribution in [-0.2, 0) is 6.42 Å². The molecule has 0 amide bonds. The summed E-state index contributed by atoms with van der Waals surface area (Å²) in [5, 5.41) is 6.22. The van der Waals surface area contributed by atoms with E-state index in [9.17, 15) is 0 Å². The molecule has 0 radical (unpaired) electrons. The SMILES string of the molecule is C1=Cc2oc3c(-c4ccc(N(c5ccc(-c6cccc(-c7ccc8ccccc8c7)c6)cc5)c5cccc(-n6c7ccccc7c7ccccc76)c5)cc4)cccc3c2CC1. The van der Waals surface area contributed by atoms with Crippen LogP contribution in [0.1, 0.15) is 17.7 Å². The van der Waals surface area contributed by atoms with Gasteiger partial charge in [0, 0.05) is 50.0 Å². The van der Waals surface area contributed by atoms with Crippen LogP contribution in [0.5, 0.6) is 0 Å². The molecule has 1 aliphatic rings. The van der Waals surface area contributed by atoms with Crippen molar-refractivity contribution >= 4 is 66.7 Å². The van der Waals surface area contributed by atoms with Crippen molar-refractivity contribution in [3.8, 4) is 39.1 Å². The minimum absolute atomic E-state index is 0.961. The van der Waals surface area contributed by atoms with Gasteiger partial charge in [0.1, 0.15) is 11.3 Å². The zero-order chi connectivity index (χ0) is 40.3. The van der Waals surface area contributed by atoms with Crippen molar-refractivity contribution in [3.63, 3.8) is 0 Å². The Morgan fingerprint density at radius 1 is 0.426 bits per heavy atom. The molecule has 0 aliphatic heterocycles. The van der Waals surface area contributed by atoms with Crippen LogP contribution in [0.3, 0.4) is 0 Å². The zero-order valence-corrected chi connectivity index (χ0v) is 33.5. The van der Waals surface area contributed by atoms with Crippen LogP contribution in [0.2, 0.25) is 0 Å². The van der Waals surface area contributed by atoms with Gasteiger partial charge in [0.05, 0.1) is 11.0 Å². The fraction of sp³-hybridized carbons (Fsp3) is 0.0345. The highest BCUT2D eigenvalue weighted by atomic mass is 16.3. The van der Waals surface area contributed by atoms with E-state index in [0.29, 0.717) is 0 Å². The first-order valence-electron chi connectivity index (χ1n) is 21.1. The van der Waals surface area contributed by atoms with Gasteiger partial charge in [-0.25, -0.2) is 0 Å². The standard InChI is InChI=1S/C58H40N2O/c1-2-13-42-37-45(27-26-39(42)12-1)44-15-9-14-43(36-44)40-28-32-46(33-29-40)59(47-34-30-41(31-35-47)50-21-11-22-54-53-20-5-8-25-57(53)61-58(50)54)48-16-10-17-49(38-48)60-55-23-6-3-18-51(55)52-19-4-7-24-56(52)60/h1-4,6-19,21-38H,5,20H2. The highest BCUT2D eigenvalue weighted by Crippen LogP contribution is 2.42. The van der Waals surface area contributed by atoms with Crippen LogP contribution in [-0.4, -0.2) is 4.57 Å². The number of aromatic nitrogens is 1. The minimum atomic E-state index is 0.961. The summed E-state index contributed by atoms with van der Waals surface area (Å²) in [7, 11) is 0. The third-order valence-electron chi connectivity index (χ3n) is 12.4. The number of furan rings is 1. The molecule has 0 fully saturated rings. The highest BCUT2D eigenvalue weighted by Gasteiger charge is 2.20. The van der Waals surface area contributed by atoms with E-state index in [-0.39, 0.29) is 0 Å². The molecular weight excluding hydrogens is 741 g/mol. The van der Waals surface area contributed by atoms with Crippen LogP contribution >= 0.6 is 0 Å². The van der Waals surface area contributed by atoms with Gasteiger partial charge in [-0.05, 0) is 124 Å². The van der Waals surface area contributed by atoms with Crippen molar-refractivity contribution in [3.05, 3.63) is 224 Å². The van der Waals surface area contributed by atoms with E-state index in [1.165, 1.54) is 65.8 Å². The van der Waals surface area contributed by atoms with E-state index in [2.05, 4.69) is 228 Å². The lowest BCUT2D eigenvalue weighted by Gasteiger charge is -2.26. The molecule has 0 saturated heterocycles. The van der Waals surface area contributed by atoms with Gasteiger partial charge in [0.15, 0.2) is 0 Å². The topological polar surface area (TPSA) is 21.3 Å². The average Bonchev–Trinajstić information content (AvgIpc) is 3.88. The van der Waals surface area contributed by atoms with Crippen molar-refractivity contribution in [1.82, 2.24) is 4.57 Å². The smallest absolute Gasteiger partial charge is 0.142 e. The van der Waals surface area contributed by atoms with Gasteiger partial charge < -0.3 is 13.9 Å². The van der Waals surface area contributed by atoms with E-state index in [1.807, 2.05) is 0 Å². The summed E-state index contributed by atoms with van der Waals surface area (Å²) in [4.78, 5) is 2.37. The average molecular weight is 781 g/mol. The quantitative estimate of drug-likeness (QED) is 0.161. The second-order valence-corrected chi connectivity index (χ2v) is 16.0. The largest absolute Gasteiger partial charge is 0.456 e. The number of para-hydroxylation sites is 3. The number of benzene rings is 9. The molecule has 1 aliphatic carbocycles. The molecule has 0 bridgehead atoms. The van der Waals surface area contributed by atoms with Crippen molar-refractivity contribution in [2.75, 3.05) is 4.90 Å². The number of nitrogens with zero attached hydrogens (tertiary/aromatic N) is 2. The van der Waals surface area contributed by atoms with E-state index >= 15 is 0 Å². The van der Waals surface area contributed by atoms with Crippen molar-refractivity contribution in [1.29, 1.82) is 0 Å². The third-order valence-corrected chi connectivity index (χ3v) is 12.4. The van der Waals surface area contributed by atoms with Crippen molar-refractivity contribution in [2.45, 2.75) is 12.8 Å². The van der Waals surface area contributed by atoms with Gasteiger partial charge in [-0.15, -0.1) is 0 Å². The lowest BCUT2D eigenvalue weighted by molar-refractivity contribution is 0.596. The van der Waals surface area contributed by atoms with Gasteiger partial charge >= 0.3 is 0 Å². The van der Waals surface area contributed by atoms with Crippen LogP contribution in [0.15, 0.2) is 217 Å². The number of aryl methyl sites for hydroxylation is 1. The van der Waals surface area contributed by atoms with Crippen molar-refractivity contribution < 1.29 is 4.42 Å². The second kappa shape index (κ2) is 14.4. The molecule has 3 heteroatoms. The Morgan fingerprint density at radius 2 is 1.03 bits per heavy atom. The first-order chi connectivity index (χ1) is 30.2. The molecule has 0 saturated carbocycles. The van der Waals surface area contributed by atoms with Crippen LogP contribution < -0.4 is 4.90 Å².